The maximum Gasteiger partial charge on any atom is 0.306 e. The number of aromatic hydroxyl groups is 2. The Morgan fingerprint density at radius 3 is 1.31 bits per heavy atom. The van der Waals surface area contributed by atoms with Crippen molar-refractivity contribution in [3.63, 3.8) is 0 Å². The molecule has 6 rings (SSSR count). The minimum atomic E-state index is -0.756. The fourth-order valence-corrected chi connectivity index (χ4v) is 5.68. The Morgan fingerprint density at radius 2 is 0.980 bits per heavy atom. The zero-order valence-corrected chi connectivity index (χ0v) is 28.1. The summed E-state index contributed by atoms with van der Waals surface area (Å²) in [7, 11) is 0. The zero-order chi connectivity index (χ0) is 36.1. The molecule has 2 heterocycles. The number of benzene rings is 4. The highest BCUT2D eigenvalue weighted by Gasteiger charge is 2.24. The topological polar surface area (TPSA) is 195 Å². The number of rotatable bonds is 14. The van der Waals surface area contributed by atoms with Crippen LogP contribution in [0.2, 0.25) is 0 Å². The summed E-state index contributed by atoms with van der Waals surface area (Å²) >= 11 is 0. The fourth-order valence-electron chi connectivity index (χ4n) is 5.68. The number of aromatic nitrogens is 6. The average Bonchev–Trinajstić information content (AvgIpc) is 3.76. The average molecular weight is 695 g/mol. The first kappa shape index (κ1) is 35.0. The van der Waals surface area contributed by atoms with Crippen LogP contribution in [0.25, 0.3) is 33.4 Å². The number of ether oxygens (including phenoxy) is 2. The molecule has 4 aromatic carbocycles. The van der Waals surface area contributed by atoms with Gasteiger partial charge in [0.15, 0.2) is 0 Å². The molecule has 0 spiro atoms. The van der Waals surface area contributed by atoms with Crippen molar-refractivity contribution in [3.05, 3.63) is 95.1 Å². The number of hydrogen-bond acceptors (Lipinski definition) is 12. The van der Waals surface area contributed by atoms with Gasteiger partial charge in [-0.15, -0.1) is 30.0 Å². The van der Waals surface area contributed by atoms with Crippen LogP contribution in [0.4, 0.5) is 0 Å². The molecule has 0 amide bonds. The minimum Gasteiger partial charge on any atom is -0.505 e. The molecule has 0 radical (unpaired) electrons. The van der Waals surface area contributed by atoms with Crippen molar-refractivity contribution < 1.29 is 39.5 Å². The Labute approximate surface area is 292 Å². The lowest BCUT2D eigenvalue weighted by molar-refractivity contribution is -0.149. The van der Waals surface area contributed by atoms with Crippen molar-refractivity contribution in [1.29, 1.82) is 0 Å². The van der Waals surface area contributed by atoms with Gasteiger partial charge in [-0.2, -0.15) is 0 Å². The molecule has 4 N–H and O–H groups in total. The molecule has 0 saturated carbocycles. The van der Waals surface area contributed by atoms with Crippen LogP contribution in [-0.4, -0.2) is 75.6 Å². The maximum atomic E-state index is 12.5. The second-order valence-electron chi connectivity index (χ2n) is 12.1. The largest absolute Gasteiger partial charge is 0.505 e. The minimum absolute atomic E-state index is 0.0305. The lowest BCUT2D eigenvalue weighted by Gasteiger charge is -2.20. The van der Waals surface area contributed by atoms with Crippen LogP contribution in [0, 0.1) is 0 Å². The number of nitrogens with zero attached hydrogens (tertiary/aromatic N) is 6. The third-order valence-corrected chi connectivity index (χ3v) is 8.40. The van der Waals surface area contributed by atoms with Crippen molar-refractivity contribution in [3.8, 4) is 22.9 Å². The van der Waals surface area contributed by atoms with Gasteiger partial charge in [-0.1, -0.05) is 24.3 Å². The quantitative estimate of drug-likeness (QED) is 0.113. The molecule has 0 fully saturated rings. The Hall–Kier alpha value is -5.86. The molecule has 6 aromatic rings. The molecule has 0 saturated heterocycles. The lowest BCUT2D eigenvalue weighted by Crippen LogP contribution is -2.12. The van der Waals surface area contributed by atoms with E-state index in [0.717, 1.165) is 0 Å². The molecule has 2 atom stereocenters. The molecule has 51 heavy (non-hydrogen) atoms. The van der Waals surface area contributed by atoms with E-state index in [-0.39, 0.29) is 68.2 Å². The monoisotopic (exact) mass is 694 g/mol. The van der Waals surface area contributed by atoms with E-state index in [1.165, 1.54) is 9.59 Å². The van der Waals surface area contributed by atoms with E-state index >= 15 is 0 Å². The van der Waals surface area contributed by atoms with Crippen molar-refractivity contribution in [2.45, 2.75) is 58.2 Å². The van der Waals surface area contributed by atoms with Crippen LogP contribution in [0.15, 0.2) is 72.8 Å². The van der Waals surface area contributed by atoms with Gasteiger partial charge in [0.1, 0.15) is 57.1 Å². The first-order chi connectivity index (χ1) is 24.6. The first-order valence-electron chi connectivity index (χ1n) is 16.6. The summed E-state index contributed by atoms with van der Waals surface area (Å²) in [6.45, 7) is 3.09. The number of esters is 2. The van der Waals surface area contributed by atoms with E-state index in [2.05, 4.69) is 20.4 Å². The van der Waals surface area contributed by atoms with Gasteiger partial charge in [0, 0.05) is 43.6 Å². The van der Waals surface area contributed by atoms with Crippen LogP contribution in [-0.2, 0) is 25.5 Å². The highest BCUT2D eigenvalue weighted by atomic mass is 16.5. The van der Waals surface area contributed by atoms with E-state index in [4.69, 9.17) is 19.7 Å². The highest BCUT2D eigenvalue weighted by molar-refractivity contribution is 5.75. The second-order valence-corrected chi connectivity index (χ2v) is 12.1. The van der Waals surface area contributed by atoms with Crippen LogP contribution >= 0.6 is 0 Å². The first-order valence-corrected chi connectivity index (χ1v) is 16.6. The van der Waals surface area contributed by atoms with Crippen molar-refractivity contribution >= 4 is 34.0 Å². The predicted octanol–water partition coefficient (Wildman–Crippen LogP) is 4.91. The zero-order valence-electron chi connectivity index (χ0n) is 28.1. The standard InChI is InChI=1S/C37H38N6O8/c1-22(50-34(46)13-7-15-44)24-17-26(36(48)32(20-24)42-38-28-9-3-4-10-29(28)39-42)19-27-18-25(23(2)51-35(47)14-8-16-45)21-33(37(27)49)43-40-30-11-5-6-12-31(30)41-43/h3-6,9-12,17-18,20-23,44-45,48-49H,7-8,13-16,19H2,1-2H3. The van der Waals surface area contributed by atoms with E-state index in [0.29, 0.717) is 44.3 Å². The second kappa shape index (κ2) is 15.4. The Kier molecular flexibility index (Phi) is 10.5. The van der Waals surface area contributed by atoms with E-state index in [1.807, 2.05) is 24.3 Å². The summed E-state index contributed by atoms with van der Waals surface area (Å²) in [6.07, 6.45) is -0.953. The van der Waals surface area contributed by atoms with Crippen LogP contribution < -0.4 is 0 Å². The summed E-state index contributed by atoms with van der Waals surface area (Å²) in [5, 5.41) is 60.0. The van der Waals surface area contributed by atoms with Crippen LogP contribution in [0.1, 0.15) is 74.0 Å². The molecular formula is C37H38N6O8. The van der Waals surface area contributed by atoms with Gasteiger partial charge >= 0.3 is 11.9 Å². The molecule has 0 bridgehead atoms. The van der Waals surface area contributed by atoms with Gasteiger partial charge in [-0.3, -0.25) is 9.59 Å². The van der Waals surface area contributed by atoms with Crippen molar-refractivity contribution in [2.75, 3.05) is 13.2 Å². The van der Waals surface area contributed by atoms with E-state index in [1.54, 1.807) is 62.4 Å². The van der Waals surface area contributed by atoms with Gasteiger partial charge in [0.2, 0.25) is 0 Å². The molecule has 0 aliphatic heterocycles. The third-order valence-electron chi connectivity index (χ3n) is 8.40. The summed E-state index contributed by atoms with van der Waals surface area (Å²) < 4.78 is 11.3. The molecule has 2 aromatic heterocycles. The number of phenolic OH excluding ortho intramolecular Hbond substituents is 2. The predicted molar refractivity (Wildman–Crippen MR) is 186 cm³/mol. The number of carbonyl (C=O) groups excluding carboxylic acids is 2. The van der Waals surface area contributed by atoms with Gasteiger partial charge in [-0.25, -0.2) is 0 Å². The molecule has 0 aliphatic carbocycles. The molecule has 14 nitrogen and oxygen atoms in total. The molecule has 264 valence electrons. The fraction of sp³-hybridized carbons (Fsp3) is 0.297. The summed E-state index contributed by atoms with van der Waals surface area (Å²) in [5.41, 5.74) is 4.61. The normalized spacial score (nSPS) is 12.6. The number of hydrogen-bond donors (Lipinski definition) is 4. The molecule has 2 unspecified atom stereocenters. The van der Waals surface area contributed by atoms with Gasteiger partial charge < -0.3 is 29.9 Å². The number of phenols is 2. The van der Waals surface area contributed by atoms with Crippen LogP contribution in [0.5, 0.6) is 11.5 Å². The number of aliphatic hydroxyl groups is 2. The highest BCUT2D eigenvalue weighted by Crippen LogP contribution is 2.38. The lowest BCUT2D eigenvalue weighted by atomic mass is 9.95. The summed E-state index contributed by atoms with van der Waals surface area (Å²) in [5.74, 6) is -1.33. The van der Waals surface area contributed by atoms with Crippen LogP contribution in [0.3, 0.4) is 0 Å². The summed E-state index contributed by atoms with van der Waals surface area (Å²) in [4.78, 5) is 27.6. The van der Waals surface area contributed by atoms with Gasteiger partial charge in [-0.05, 0) is 86.3 Å². The molecule has 14 heteroatoms. The molecule has 0 aliphatic rings. The third kappa shape index (κ3) is 7.82. The Morgan fingerprint density at radius 1 is 0.627 bits per heavy atom. The molecular weight excluding hydrogens is 656 g/mol. The number of aliphatic hydroxyl groups excluding tert-OH is 2. The van der Waals surface area contributed by atoms with Crippen molar-refractivity contribution in [1.82, 2.24) is 30.0 Å². The summed E-state index contributed by atoms with van der Waals surface area (Å²) in [6, 6.07) is 21.1. The van der Waals surface area contributed by atoms with E-state index < -0.39 is 24.1 Å². The van der Waals surface area contributed by atoms with Gasteiger partial charge in [0.05, 0.1) is 0 Å². The Bertz CT molecular complexity index is 1980. The maximum absolute atomic E-state index is 12.5. The Balaban J connectivity index is 1.46. The number of fused-ring (bicyclic) bond motifs is 2. The smallest absolute Gasteiger partial charge is 0.306 e. The van der Waals surface area contributed by atoms with Crippen molar-refractivity contribution in [2.24, 2.45) is 0 Å². The SMILES string of the molecule is CC(OC(=O)CCCO)c1cc(Cc2cc(C(C)OC(=O)CCCO)cc(-n3nc4ccccc4n3)c2O)c(O)c(-n2nc3ccccc3n2)c1. The van der Waals surface area contributed by atoms with Gasteiger partial charge in [0.25, 0.3) is 0 Å². The number of carbonyl (C=O) groups is 2. The van der Waals surface area contributed by atoms with E-state index in [9.17, 15) is 19.8 Å².